The Balaban J connectivity index is 0.00000385. The molecule has 2 unspecified atom stereocenters. The van der Waals surface area contributed by atoms with E-state index in [4.69, 9.17) is 4.74 Å². The van der Waals surface area contributed by atoms with E-state index in [1.54, 1.807) is 12.4 Å². The number of carbonyl (C=O) groups is 3. The molecule has 0 radical (unpaired) electrons. The number of pyridine rings is 1. The van der Waals surface area contributed by atoms with Gasteiger partial charge < -0.3 is 19.9 Å². The highest BCUT2D eigenvalue weighted by atomic mass is 19.2. The Morgan fingerprint density at radius 3 is 2.15 bits per heavy atom. The van der Waals surface area contributed by atoms with Gasteiger partial charge in [-0.2, -0.15) is 0 Å². The lowest BCUT2D eigenvalue weighted by Crippen LogP contribution is -2.57. The summed E-state index contributed by atoms with van der Waals surface area (Å²) >= 11 is 0. The number of likely N-dealkylation sites (N-methyl/N-ethyl adjacent to an activating group) is 2. The molecule has 4 aromatic rings. The van der Waals surface area contributed by atoms with Gasteiger partial charge in [-0.05, 0) is 77.4 Å². The minimum atomic E-state index is -1.08. The van der Waals surface area contributed by atoms with Crippen LogP contribution in [0.5, 0.6) is 0 Å². The van der Waals surface area contributed by atoms with Crippen LogP contribution in [0.15, 0.2) is 85.2 Å². The van der Waals surface area contributed by atoms with Crippen molar-refractivity contribution >= 4 is 28.5 Å². The smallest absolute Gasteiger partial charge is 0.249 e. The van der Waals surface area contributed by atoms with Gasteiger partial charge in [-0.3, -0.25) is 19.4 Å². The maximum Gasteiger partial charge on any atom is 0.249 e. The number of amides is 3. The Morgan fingerprint density at radius 1 is 0.815 bits per heavy atom. The zero-order chi connectivity index (χ0) is 39.5. The number of carbonyl (C=O) groups excluding carboxylic acids is 3. The number of hydrogen-bond acceptors (Lipinski definition) is 5. The Labute approximate surface area is 320 Å². The molecule has 0 bridgehead atoms. The van der Waals surface area contributed by atoms with E-state index in [9.17, 15) is 23.2 Å². The second-order valence-electron chi connectivity index (χ2n) is 13.3. The molecule has 0 aliphatic carbocycles. The molecule has 3 atom stereocenters. The first-order chi connectivity index (χ1) is 26.1. The Bertz CT molecular complexity index is 1760. The SMILES string of the molecule is CC.CCCCC(CC)COCC(=O)N(CC)[C@H](Cc1ccc2ccccc2c1)C(=O)N(C)C(Cc1ccc(F)c(F)c1)C(=O)NCCc1ccncc1. The van der Waals surface area contributed by atoms with Crippen LogP contribution < -0.4 is 5.32 Å². The first-order valence-corrected chi connectivity index (χ1v) is 19.4. The Kier molecular flexibility index (Phi) is 18.7. The van der Waals surface area contributed by atoms with Gasteiger partial charge in [0.25, 0.3) is 0 Å². The molecular weight excluding hydrogens is 687 g/mol. The average molecular weight is 745 g/mol. The molecule has 8 nitrogen and oxygen atoms in total. The number of benzene rings is 3. The van der Waals surface area contributed by atoms with Crippen molar-refractivity contribution in [2.75, 3.05) is 33.4 Å². The molecule has 3 aromatic carbocycles. The van der Waals surface area contributed by atoms with E-state index in [1.807, 2.05) is 75.4 Å². The van der Waals surface area contributed by atoms with E-state index in [2.05, 4.69) is 24.1 Å². The molecule has 0 fully saturated rings. The standard InChI is InChI=1S/C42H52F2N4O4.C2H6/c1-5-8-11-30(6-2)28-52-29-40(49)48(7-3)39(27-32-14-16-34-12-9-10-13-35(34)24-32)42(51)47(4)38(26-33-15-17-36(43)37(44)25-33)41(50)46-23-20-31-18-21-45-22-19-31;1-2/h9-10,12-19,21-22,24-25,30,38-39H,5-8,11,20,23,26-29H2,1-4H3,(H,46,50);1-2H3/t30?,38?,39-;/m1./s1. The summed E-state index contributed by atoms with van der Waals surface area (Å²) < 4.78 is 34.1. The lowest BCUT2D eigenvalue weighted by molar-refractivity contribution is -0.150. The molecule has 4 rings (SSSR count). The van der Waals surface area contributed by atoms with Crippen LogP contribution >= 0.6 is 0 Å². The van der Waals surface area contributed by atoms with Crippen LogP contribution in [0.4, 0.5) is 8.78 Å². The van der Waals surface area contributed by atoms with Crippen molar-refractivity contribution in [1.29, 1.82) is 0 Å². The zero-order valence-corrected chi connectivity index (χ0v) is 32.8. The summed E-state index contributed by atoms with van der Waals surface area (Å²) in [5.74, 6) is -2.92. The van der Waals surface area contributed by atoms with Crippen LogP contribution in [-0.2, 0) is 38.4 Å². The molecule has 0 spiro atoms. The van der Waals surface area contributed by atoms with Crippen LogP contribution in [0.25, 0.3) is 10.8 Å². The summed E-state index contributed by atoms with van der Waals surface area (Å²) in [7, 11) is 1.52. The fourth-order valence-electron chi connectivity index (χ4n) is 6.47. The molecule has 3 amide bonds. The van der Waals surface area contributed by atoms with E-state index in [-0.39, 0.29) is 38.4 Å². The highest BCUT2D eigenvalue weighted by Gasteiger charge is 2.36. The van der Waals surface area contributed by atoms with Crippen molar-refractivity contribution in [3.05, 3.63) is 114 Å². The van der Waals surface area contributed by atoms with E-state index < -0.39 is 35.5 Å². The maximum absolute atomic E-state index is 14.7. The second-order valence-corrected chi connectivity index (χ2v) is 13.3. The summed E-state index contributed by atoms with van der Waals surface area (Å²) in [5.41, 5.74) is 2.17. The summed E-state index contributed by atoms with van der Waals surface area (Å²) in [6.45, 7) is 10.9. The number of aromatic nitrogens is 1. The molecule has 54 heavy (non-hydrogen) atoms. The van der Waals surface area contributed by atoms with Crippen LogP contribution in [-0.4, -0.2) is 77.9 Å². The first-order valence-electron chi connectivity index (χ1n) is 19.4. The second kappa shape index (κ2) is 23.2. The fraction of sp³-hybridized carbons (Fsp3) is 0.455. The fourth-order valence-corrected chi connectivity index (χ4v) is 6.47. The minimum absolute atomic E-state index is 0.0669. The van der Waals surface area contributed by atoms with Gasteiger partial charge in [-0.15, -0.1) is 0 Å². The molecule has 1 N–H and O–H groups in total. The summed E-state index contributed by atoms with van der Waals surface area (Å²) in [5, 5.41) is 4.97. The summed E-state index contributed by atoms with van der Waals surface area (Å²) in [6, 6.07) is 19.0. The highest BCUT2D eigenvalue weighted by molar-refractivity contribution is 5.93. The molecule has 292 valence electrons. The predicted molar refractivity (Wildman–Crippen MR) is 212 cm³/mol. The molecule has 1 aromatic heterocycles. The van der Waals surface area contributed by atoms with Gasteiger partial charge in [0.15, 0.2) is 11.6 Å². The van der Waals surface area contributed by atoms with Crippen molar-refractivity contribution in [3.8, 4) is 0 Å². The summed E-state index contributed by atoms with van der Waals surface area (Å²) in [4.78, 5) is 49.3. The number of rotatable bonds is 20. The van der Waals surface area contributed by atoms with E-state index in [1.165, 1.54) is 22.9 Å². The van der Waals surface area contributed by atoms with E-state index >= 15 is 0 Å². The zero-order valence-electron chi connectivity index (χ0n) is 32.8. The Morgan fingerprint density at radius 2 is 1.48 bits per heavy atom. The topological polar surface area (TPSA) is 91.8 Å². The first kappa shape index (κ1) is 43.7. The van der Waals surface area contributed by atoms with Crippen molar-refractivity contribution < 1.29 is 27.9 Å². The van der Waals surface area contributed by atoms with Gasteiger partial charge in [0.2, 0.25) is 17.7 Å². The number of unbranched alkanes of at least 4 members (excludes halogenated alkanes) is 1. The number of nitrogens with zero attached hydrogens (tertiary/aromatic N) is 3. The van der Waals surface area contributed by atoms with Crippen LogP contribution in [0.2, 0.25) is 0 Å². The van der Waals surface area contributed by atoms with Gasteiger partial charge >= 0.3 is 0 Å². The van der Waals surface area contributed by atoms with E-state index in [0.29, 0.717) is 24.5 Å². The number of ether oxygens (including phenoxy) is 1. The van der Waals surface area contributed by atoms with Crippen molar-refractivity contribution in [3.63, 3.8) is 0 Å². The maximum atomic E-state index is 14.7. The molecule has 0 aliphatic rings. The third-order valence-corrected chi connectivity index (χ3v) is 9.68. The largest absolute Gasteiger partial charge is 0.371 e. The van der Waals surface area contributed by atoms with Crippen LogP contribution in [0.1, 0.15) is 77.0 Å². The lowest BCUT2D eigenvalue weighted by Gasteiger charge is -2.36. The Hall–Kier alpha value is -4.70. The average Bonchev–Trinajstić information content (AvgIpc) is 3.20. The number of hydrogen-bond donors (Lipinski definition) is 1. The number of nitrogens with one attached hydrogen (secondary N) is 1. The third kappa shape index (κ3) is 13.0. The van der Waals surface area contributed by atoms with Crippen molar-refractivity contribution in [2.45, 2.75) is 91.6 Å². The molecule has 0 saturated carbocycles. The van der Waals surface area contributed by atoms with E-state index in [0.717, 1.165) is 59.7 Å². The quantitative estimate of drug-likeness (QED) is 0.0992. The number of fused-ring (bicyclic) bond motifs is 1. The summed E-state index contributed by atoms with van der Waals surface area (Å²) in [6.07, 6.45) is 8.16. The lowest BCUT2D eigenvalue weighted by atomic mass is 9.98. The van der Waals surface area contributed by atoms with Crippen LogP contribution in [0.3, 0.4) is 0 Å². The van der Waals surface area contributed by atoms with Crippen molar-refractivity contribution in [1.82, 2.24) is 20.1 Å². The van der Waals surface area contributed by atoms with Crippen molar-refractivity contribution in [2.24, 2.45) is 5.92 Å². The molecular formula is C44H58F2N4O4. The number of halogens is 2. The van der Waals surface area contributed by atoms with Gasteiger partial charge in [-0.25, -0.2) is 8.78 Å². The highest BCUT2D eigenvalue weighted by Crippen LogP contribution is 2.21. The molecule has 0 saturated heterocycles. The third-order valence-electron chi connectivity index (χ3n) is 9.68. The monoisotopic (exact) mass is 744 g/mol. The van der Waals surface area contributed by atoms with Gasteiger partial charge in [0.05, 0.1) is 6.61 Å². The predicted octanol–water partition coefficient (Wildman–Crippen LogP) is 7.96. The van der Waals surface area contributed by atoms with Gasteiger partial charge in [0.1, 0.15) is 18.7 Å². The molecule has 10 heteroatoms. The van der Waals surface area contributed by atoms with Gasteiger partial charge in [-0.1, -0.05) is 95.5 Å². The van der Waals surface area contributed by atoms with Gasteiger partial charge in [0, 0.05) is 45.4 Å². The minimum Gasteiger partial charge on any atom is -0.371 e. The normalized spacial score (nSPS) is 12.6. The van der Waals surface area contributed by atoms with Crippen LogP contribution in [0, 0.1) is 17.6 Å². The molecule has 1 heterocycles. The molecule has 0 aliphatic heterocycles.